The zero-order valence-corrected chi connectivity index (χ0v) is 26.3. The Morgan fingerprint density at radius 2 is 1.21 bits per heavy atom. The molecule has 0 spiro atoms. The van der Waals surface area contributed by atoms with Gasteiger partial charge in [-0.2, -0.15) is 0 Å². The van der Waals surface area contributed by atoms with Crippen LogP contribution < -0.4 is 4.89 Å². The summed E-state index contributed by atoms with van der Waals surface area (Å²) in [6, 6.07) is 0. The van der Waals surface area contributed by atoms with Crippen LogP contribution in [0.3, 0.4) is 0 Å². The molecule has 228 valence electrons. The number of hydrogen-bond donors (Lipinski definition) is 0. The SMILES string of the molecule is CCCCCCCCCCCCCCCCOC[C@H](COP(=O)([O-])OCC[N+](C)(C)C)OC(=O)CCCC. The number of hydrogen-bond acceptors (Lipinski definition) is 7. The molecule has 0 fully saturated rings. The summed E-state index contributed by atoms with van der Waals surface area (Å²) in [5.74, 6) is -0.368. The smallest absolute Gasteiger partial charge is 0.306 e. The molecule has 9 heteroatoms. The lowest BCUT2D eigenvalue weighted by Gasteiger charge is -2.28. The topological polar surface area (TPSA) is 94.1 Å². The number of carbonyl (C=O) groups excluding carboxylic acids is 1. The highest BCUT2D eigenvalue weighted by Gasteiger charge is 2.20. The van der Waals surface area contributed by atoms with E-state index in [-0.39, 0.29) is 25.8 Å². The maximum Gasteiger partial charge on any atom is 0.306 e. The molecule has 0 aliphatic heterocycles. The highest BCUT2D eigenvalue weighted by molar-refractivity contribution is 7.45. The average molecular weight is 566 g/mol. The predicted octanol–water partition coefficient (Wildman–Crippen LogP) is 6.79. The Hall–Kier alpha value is -0.500. The second-order valence-electron chi connectivity index (χ2n) is 11.5. The lowest BCUT2D eigenvalue weighted by Crippen LogP contribution is -2.37. The molecule has 0 aliphatic carbocycles. The summed E-state index contributed by atoms with van der Waals surface area (Å²) in [5, 5.41) is 0. The van der Waals surface area contributed by atoms with Crippen molar-refractivity contribution in [3.8, 4) is 0 Å². The minimum absolute atomic E-state index is 0.0286. The van der Waals surface area contributed by atoms with Crippen LogP contribution in [-0.2, 0) is 27.9 Å². The van der Waals surface area contributed by atoms with Crippen LogP contribution in [-0.4, -0.2) is 70.7 Å². The molecule has 0 N–H and O–H groups in total. The molecule has 0 saturated heterocycles. The van der Waals surface area contributed by atoms with E-state index in [1.807, 2.05) is 28.1 Å². The molecule has 2 atom stereocenters. The van der Waals surface area contributed by atoms with Crippen molar-refractivity contribution in [2.45, 2.75) is 129 Å². The second kappa shape index (κ2) is 24.3. The first-order valence-electron chi connectivity index (χ1n) is 15.3. The van der Waals surface area contributed by atoms with Gasteiger partial charge in [0.05, 0.1) is 34.4 Å². The summed E-state index contributed by atoms with van der Waals surface area (Å²) in [6.07, 6.45) is 19.2. The third-order valence-electron chi connectivity index (χ3n) is 6.41. The van der Waals surface area contributed by atoms with Gasteiger partial charge < -0.3 is 27.9 Å². The van der Waals surface area contributed by atoms with Crippen LogP contribution in [0.25, 0.3) is 0 Å². The lowest BCUT2D eigenvalue weighted by atomic mass is 10.0. The molecule has 0 aromatic rings. The van der Waals surface area contributed by atoms with Crippen LogP contribution >= 0.6 is 7.82 Å². The Morgan fingerprint density at radius 1 is 0.711 bits per heavy atom. The second-order valence-corrected chi connectivity index (χ2v) is 12.9. The third-order valence-corrected chi connectivity index (χ3v) is 7.37. The highest BCUT2D eigenvalue weighted by Crippen LogP contribution is 2.38. The first-order valence-corrected chi connectivity index (χ1v) is 16.7. The van der Waals surface area contributed by atoms with Crippen molar-refractivity contribution in [3.05, 3.63) is 0 Å². The number of nitrogens with zero attached hydrogens (tertiary/aromatic N) is 1. The van der Waals surface area contributed by atoms with Crippen LogP contribution in [0.5, 0.6) is 0 Å². The fourth-order valence-electron chi connectivity index (χ4n) is 3.93. The molecule has 0 amide bonds. The monoisotopic (exact) mass is 565 g/mol. The Kier molecular flexibility index (Phi) is 24.0. The van der Waals surface area contributed by atoms with Gasteiger partial charge in [0.2, 0.25) is 0 Å². The van der Waals surface area contributed by atoms with E-state index in [0.29, 0.717) is 24.1 Å². The number of ether oxygens (including phenoxy) is 2. The maximum absolute atomic E-state index is 12.1. The Bertz CT molecular complexity index is 598. The summed E-state index contributed by atoms with van der Waals surface area (Å²) >= 11 is 0. The van der Waals surface area contributed by atoms with Crippen molar-refractivity contribution in [1.82, 2.24) is 0 Å². The standard InChI is InChI=1S/C29H60NO7P/c1-6-8-10-11-12-13-14-15-16-17-18-19-20-21-24-34-26-28(37-29(31)22-9-7-2)27-36-38(32,33)35-25-23-30(3,4)5/h28H,6-27H2,1-5H3/t28-/m1/s1. The maximum atomic E-state index is 12.1. The molecule has 0 saturated carbocycles. The molecule has 8 nitrogen and oxygen atoms in total. The van der Waals surface area contributed by atoms with Crippen molar-refractivity contribution in [1.29, 1.82) is 0 Å². The first-order chi connectivity index (χ1) is 18.1. The first kappa shape index (κ1) is 37.5. The van der Waals surface area contributed by atoms with Gasteiger partial charge >= 0.3 is 5.97 Å². The number of rotatable bonds is 28. The van der Waals surface area contributed by atoms with Gasteiger partial charge in [-0.3, -0.25) is 9.36 Å². The Labute approximate surface area is 234 Å². The van der Waals surface area contributed by atoms with Crippen LogP contribution in [0.1, 0.15) is 123 Å². The molecule has 0 aromatic heterocycles. The van der Waals surface area contributed by atoms with Crippen LogP contribution in [0.15, 0.2) is 0 Å². The molecular formula is C29H60NO7P. The number of carbonyl (C=O) groups is 1. The fourth-order valence-corrected chi connectivity index (χ4v) is 4.66. The van der Waals surface area contributed by atoms with Crippen molar-refractivity contribution >= 4 is 13.8 Å². The number of likely N-dealkylation sites (N-methyl/N-ethyl adjacent to an activating group) is 1. The van der Waals surface area contributed by atoms with Gasteiger partial charge in [0, 0.05) is 13.0 Å². The molecule has 38 heavy (non-hydrogen) atoms. The van der Waals surface area contributed by atoms with E-state index in [0.717, 1.165) is 25.7 Å². The molecule has 1 unspecified atom stereocenters. The van der Waals surface area contributed by atoms with E-state index in [1.54, 1.807) is 0 Å². The average Bonchev–Trinajstić information content (AvgIpc) is 2.84. The number of esters is 1. The zero-order valence-electron chi connectivity index (χ0n) is 25.4. The van der Waals surface area contributed by atoms with E-state index in [9.17, 15) is 14.3 Å². The zero-order chi connectivity index (χ0) is 28.5. The molecule has 0 heterocycles. The number of phosphoric ester groups is 1. The summed E-state index contributed by atoms with van der Waals surface area (Å²) in [5.41, 5.74) is 0. The van der Waals surface area contributed by atoms with Crippen LogP contribution in [0.4, 0.5) is 0 Å². The number of phosphoric acid groups is 1. The molecule has 0 rings (SSSR count). The third kappa shape index (κ3) is 27.1. The van der Waals surface area contributed by atoms with Crippen molar-refractivity contribution < 1.29 is 37.3 Å². The summed E-state index contributed by atoms with van der Waals surface area (Å²) in [7, 11) is 1.36. The Balaban J connectivity index is 4.03. The summed E-state index contributed by atoms with van der Waals surface area (Å²) in [4.78, 5) is 24.2. The van der Waals surface area contributed by atoms with Crippen LogP contribution in [0.2, 0.25) is 0 Å². The lowest BCUT2D eigenvalue weighted by molar-refractivity contribution is -0.870. The van der Waals surface area contributed by atoms with E-state index in [4.69, 9.17) is 18.5 Å². The van der Waals surface area contributed by atoms with Crippen LogP contribution in [0, 0.1) is 0 Å². The van der Waals surface area contributed by atoms with Gasteiger partial charge in [0.1, 0.15) is 19.3 Å². The largest absolute Gasteiger partial charge is 0.756 e. The minimum atomic E-state index is -4.48. The van der Waals surface area contributed by atoms with Gasteiger partial charge in [-0.1, -0.05) is 104 Å². The highest BCUT2D eigenvalue weighted by atomic mass is 31.2. The van der Waals surface area contributed by atoms with E-state index >= 15 is 0 Å². The van der Waals surface area contributed by atoms with Gasteiger partial charge in [0.15, 0.2) is 0 Å². The quantitative estimate of drug-likeness (QED) is 0.0446. The molecule has 0 aliphatic rings. The molecular weight excluding hydrogens is 505 g/mol. The summed E-state index contributed by atoms with van der Waals surface area (Å²) < 4.78 is 33.7. The molecule has 0 aromatic carbocycles. The molecule has 0 bridgehead atoms. The number of quaternary nitrogens is 1. The normalized spacial score (nSPS) is 14.4. The van der Waals surface area contributed by atoms with Gasteiger partial charge in [-0.25, -0.2) is 0 Å². The summed E-state index contributed by atoms with van der Waals surface area (Å²) in [6.45, 7) is 5.16. The van der Waals surface area contributed by atoms with Crippen molar-refractivity contribution in [3.63, 3.8) is 0 Å². The minimum Gasteiger partial charge on any atom is -0.756 e. The molecule has 0 radical (unpaired) electrons. The van der Waals surface area contributed by atoms with E-state index in [1.165, 1.54) is 77.0 Å². The van der Waals surface area contributed by atoms with Crippen molar-refractivity contribution in [2.24, 2.45) is 0 Å². The van der Waals surface area contributed by atoms with Gasteiger partial charge in [0.25, 0.3) is 7.82 Å². The van der Waals surface area contributed by atoms with Crippen molar-refractivity contribution in [2.75, 3.05) is 54.1 Å². The van der Waals surface area contributed by atoms with E-state index < -0.39 is 13.9 Å². The van der Waals surface area contributed by atoms with E-state index in [2.05, 4.69) is 6.92 Å². The van der Waals surface area contributed by atoms with Gasteiger partial charge in [-0.05, 0) is 12.8 Å². The van der Waals surface area contributed by atoms with Gasteiger partial charge in [-0.15, -0.1) is 0 Å². The number of unbranched alkanes of at least 4 members (excludes halogenated alkanes) is 14. The fraction of sp³-hybridized carbons (Fsp3) is 0.966. The Morgan fingerprint density at radius 3 is 1.71 bits per heavy atom. The predicted molar refractivity (Wildman–Crippen MR) is 153 cm³/mol.